The molecule has 3 N–H and O–H groups in total. The summed E-state index contributed by atoms with van der Waals surface area (Å²) in [4.78, 5) is 0. The van der Waals surface area contributed by atoms with E-state index < -0.39 is 0 Å². The van der Waals surface area contributed by atoms with Crippen LogP contribution in [0.3, 0.4) is 0 Å². The Balaban J connectivity index is 2.24. The van der Waals surface area contributed by atoms with E-state index in [-0.39, 0.29) is 11.9 Å². The highest BCUT2D eigenvalue weighted by molar-refractivity contribution is 7.99. The lowest BCUT2D eigenvalue weighted by atomic mass is 9.92. The van der Waals surface area contributed by atoms with Crippen LogP contribution in [0.1, 0.15) is 23.6 Å². The first-order chi connectivity index (χ1) is 7.70. The summed E-state index contributed by atoms with van der Waals surface area (Å²) in [5, 5.41) is 0. The van der Waals surface area contributed by atoms with Gasteiger partial charge >= 0.3 is 0 Å². The fourth-order valence-corrected chi connectivity index (χ4v) is 3.56. The average Bonchev–Trinajstić information content (AvgIpc) is 2.70. The molecular formula is C12H17FN2S. The van der Waals surface area contributed by atoms with Gasteiger partial charge in [-0.1, -0.05) is 6.07 Å². The molecule has 2 rings (SSSR count). The molecule has 1 heterocycles. The first-order valence-electron chi connectivity index (χ1n) is 5.51. The highest BCUT2D eigenvalue weighted by Crippen LogP contribution is 2.34. The predicted octanol–water partition coefficient (Wildman–Crippen LogP) is 2.39. The number of hydrazine groups is 1. The summed E-state index contributed by atoms with van der Waals surface area (Å²) in [6.07, 6.45) is 1.15. The van der Waals surface area contributed by atoms with Crippen LogP contribution in [-0.4, -0.2) is 11.5 Å². The van der Waals surface area contributed by atoms with E-state index in [2.05, 4.69) is 5.43 Å². The molecule has 0 amide bonds. The van der Waals surface area contributed by atoms with Gasteiger partial charge in [0.15, 0.2) is 0 Å². The zero-order chi connectivity index (χ0) is 11.5. The van der Waals surface area contributed by atoms with Gasteiger partial charge in [0.2, 0.25) is 0 Å². The first kappa shape index (κ1) is 11.9. The second kappa shape index (κ2) is 5.17. The quantitative estimate of drug-likeness (QED) is 0.629. The van der Waals surface area contributed by atoms with Gasteiger partial charge in [-0.15, -0.1) is 0 Å². The van der Waals surface area contributed by atoms with E-state index >= 15 is 0 Å². The molecule has 1 aromatic rings. The molecule has 88 valence electrons. The van der Waals surface area contributed by atoms with E-state index in [4.69, 9.17) is 5.84 Å². The number of nitrogens with two attached hydrogens (primary N) is 1. The van der Waals surface area contributed by atoms with Gasteiger partial charge in [0.05, 0.1) is 0 Å². The van der Waals surface area contributed by atoms with Crippen molar-refractivity contribution in [1.29, 1.82) is 0 Å². The number of benzene rings is 1. The molecule has 0 bridgehead atoms. The van der Waals surface area contributed by atoms with E-state index in [0.717, 1.165) is 23.3 Å². The zero-order valence-electron chi connectivity index (χ0n) is 9.37. The van der Waals surface area contributed by atoms with Crippen molar-refractivity contribution in [2.75, 3.05) is 11.5 Å². The van der Waals surface area contributed by atoms with Crippen LogP contribution < -0.4 is 11.3 Å². The Hall–Kier alpha value is -0.580. The van der Waals surface area contributed by atoms with E-state index in [1.54, 1.807) is 12.1 Å². The van der Waals surface area contributed by atoms with Crippen LogP contribution in [0.15, 0.2) is 18.2 Å². The highest BCUT2D eigenvalue weighted by Gasteiger charge is 2.26. The molecule has 2 atom stereocenters. The standard InChI is InChI=1S/C12H17FN2S/c1-8-4-10(6-11(13)5-8)12(15-14)9-2-3-16-7-9/h4-6,9,12,15H,2-3,7,14H2,1H3. The van der Waals surface area contributed by atoms with Crippen LogP contribution in [0.5, 0.6) is 0 Å². The topological polar surface area (TPSA) is 38.0 Å². The van der Waals surface area contributed by atoms with Gasteiger partial charge in [-0.2, -0.15) is 11.8 Å². The lowest BCUT2D eigenvalue weighted by Gasteiger charge is -2.22. The minimum Gasteiger partial charge on any atom is -0.271 e. The number of hydrogen-bond acceptors (Lipinski definition) is 3. The monoisotopic (exact) mass is 240 g/mol. The lowest BCUT2D eigenvalue weighted by molar-refractivity contribution is 0.399. The van der Waals surface area contributed by atoms with Gasteiger partial charge in [0, 0.05) is 6.04 Å². The van der Waals surface area contributed by atoms with E-state index in [0.29, 0.717) is 5.92 Å². The number of aryl methyl sites for hydroxylation is 1. The number of hydrogen-bond donors (Lipinski definition) is 2. The maximum absolute atomic E-state index is 13.3. The normalized spacial score (nSPS) is 22.3. The molecule has 16 heavy (non-hydrogen) atoms. The van der Waals surface area contributed by atoms with E-state index in [9.17, 15) is 4.39 Å². The minimum absolute atomic E-state index is 0.0735. The SMILES string of the molecule is Cc1cc(F)cc(C(NN)C2CCSC2)c1. The summed E-state index contributed by atoms with van der Waals surface area (Å²) in [6, 6.07) is 5.21. The molecule has 2 nitrogen and oxygen atoms in total. The molecule has 1 aliphatic heterocycles. The minimum atomic E-state index is -0.180. The molecule has 0 spiro atoms. The van der Waals surface area contributed by atoms with Gasteiger partial charge < -0.3 is 0 Å². The van der Waals surface area contributed by atoms with Crippen LogP contribution in [0, 0.1) is 18.7 Å². The van der Waals surface area contributed by atoms with Gasteiger partial charge in [-0.3, -0.25) is 11.3 Å². The molecule has 2 unspecified atom stereocenters. The molecule has 1 aliphatic rings. The fraction of sp³-hybridized carbons (Fsp3) is 0.500. The second-order valence-corrected chi connectivity index (χ2v) is 5.48. The Bertz CT molecular complexity index is 344. The Morgan fingerprint density at radius 1 is 1.50 bits per heavy atom. The molecule has 0 aromatic heterocycles. The maximum atomic E-state index is 13.3. The van der Waals surface area contributed by atoms with Gasteiger partial charge in [-0.25, -0.2) is 4.39 Å². The largest absolute Gasteiger partial charge is 0.271 e. The molecule has 0 saturated carbocycles. The van der Waals surface area contributed by atoms with Crippen LogP contribution in [0.4, 0.5) is 4.39 Å². The van der Waals surface area contributed by atoms with Crippen molar-refractivity contribution in [3.05, 3.63) is 35.1 Å². The number of thioether (sulfide) groups is 1. The molecule has 1 saturated heterocycles. The molecule has 0 radical (unpaired) electrons. The molecule has 1 aromatic carbocycles. The Kier molecular flexibility index (Phi) is 3.84. The van der Waals surface area contributed by atoms with Crippen molar-refractivity contribution in [1.82, 2.24) is 5.43 Å². The summed E-state index contributed by atoms with van der Waals surface area (Å²) in [5.74, 6) is 8.21. The Labute approximate surface area is 99.8 Å². The highest BCUT2D eigenvalue weighted by atomic mass is 32.2. The maximum Gasteiger partial charge on any atom is 0.123 e. The Morgan fingerprint density at radius 2 is 2.31 bits per heavy atom. The Morgan fingerprint density at radius 3 is 2.88 bits per heavy atom. The lowest BCUT2D eigenvalue weighted by Crippen LogP contribution is -2.33. The van der Waals surface area contributed by atoms with Crippen LogP contribution >= 0.6 is 11.8 Å². The van der Waals surface area contributed by atoms with Crippen molar-refractivity contribution in [2.45, 2.75) is 19.4 Å². The molecule has 4 heteroatoms. The average molecular weight is 240 g/mol. The molecule has 0 aliphatic carbocycles. The van der Waals surface area contributed by atoms with Crippen molar-refractivity contribution in [3.63, 3.8) is 0 Å². The number of nitrogens with one attached hydrogen (secondary N) is 1. The van der Waals surface area contributed by atoms with Gasteiger partial charge in [0.25, 0.3) is 0 Å². The molecule has 1 fully saturated rings. The van der Waals surface area contributed by atoms with Crippen LogP contribution in [0.2, 0.25) is 0 Å². The number of halogens is 1. The van der Waals surface area contributed by atoms with E-state index in [1.165, 1.54) is 5.75 Å². The fourth-order valence-electron chi connectivity index (χ4n) is 2.26. The summed E-state index contributed by atoms with van der Waals surface area (Å²) >= 11 is 1.94. The summed E-state index contributed by atoms with van der Waals surface area (Å²) in [6.45, 7) is 1.91. The van der Waals surface area contributed by atoms with Crippen molar-refractivity contribution >= 4 is 11.8 Å². The molecular weight excluding hydrogens is 223 g/mol. The van der Waals surface area contributed by atoms with Crippen molar-refractivity contribution in [2.24, 2.45) is 11.8 Å². The smallest absolute Gasteiger partial charge is 0.123 e. The van der Waals surface area contributed by atoms with Crippen LogP contribution in [-0.2, 0) is 0 Å². The third-order valence-electron chi connectivity index (χ3n) is 3.04. The van der Waals surface area contributed by atoms with Crippen molar-refractivity contribution in [3.8, 4) is 0 Å². The summed E-state index contributed by atoms with van der Waals surface area (Å²) in [7, 11) is 0. The predicted molar refractivity (Wildman–Crippen MR) is 66.6 cm³/mol. The van der Waals surface area contributed by atoms with Crippen LogP contribution in [0.25, 0.3) is 0 Å². The summed E-state index contributed by atoms with van der Waals surface area (Å²) < 4.78 is 13.3. The third kappa shape index (κ3) is 2.56. The third-order valence-corrected chi connectivity index (χ3v) is 4.23. The zero-order valence-corrected chi connectivity index (χ0v) is 10.2. The first-order valence-corrected chi connectivity index (χ1v) is 6.67. The van der Waals surface area contributed by atoms with E-state index in [1.807, 2.05) is 24.8 Å². The van der Waals surface area contributed by atoms with Gasteiger partial charge in [-0.05, 0) is 54.0 Å². The van der Waals surface area contributed by atoms with Gasteiger partial charge in [0.1, 0.15) is 5.82 Å². The van der Waals surface area contributed by atoms with Crippen molar-refractivity contribution < 1.29 is 4.39 Å². The number of rotatable bonds is 3. The summed E-state index contributed by atoms with van der Waals surface area (Å²) in [5.41, 5.74) is 4.75. The second-order valence-electron chi connectivity index (χ2n) is 4.33.